The van der Waals surface area contributed by atoms with Crippen molar-refractivity contribution < 1.29 is 14.1 Å². The van der Waals surface area contributed by atoms with Gasteiger partial charge in [0.1, 0.15) is 5.76 Å². The van der Waals surface area contributed by atoms with Gasteiger partial charge >= 0.3 is 0 Å². The Bertz CT molecular complexity index is 609. The third-order valence-corrected chi connectivity index (χ3v) is 5.27. The van der Waals surface area contributed by atoms with Gasteiger partial charge in [0.15, 0.2) is 5.69 Å². The van der Waals surface area contributed by atoms with Crippen molar-refractivity contribution in [3.63, 3.8) is 0 Å². The highest BCUT2D eigenvalue weighted by molar-refractivity contribution is 5.92. The van der Waals surface area contributed by atoms with Gasteiger partial charge in [-0.05, 0) is 39.0 Å². The van der Waals surface area contributed by atoms with Gasteiger partial charge in [0.2, 0.25) is 5.91 Å². The van der Waals surface area contributed by atoms with Crippen LogP contribution < -0.4 is 5.32 Å². The first kappa shape index (κ1) is 18.0. The number of rotatable bonds is 7. The maximum atomic E-state index is 12.4. The van der Waals surface area contributed by atoms with Crippen LogP contribution in [0, 0.1) is 0 Å². The summed E-state index contributed by atoms with van der Waals surface area (Å²) in [5.41, 5.74) is 0.368. The maximum absolute atomic E-state index is 12.4. The molecule has 1 aliphatic heterocycles. The molecule has 0 unspecified atom stereocenters. The largest absolute Gasteiger partial charge is 0.360 e. The number of nitrogens with zero attached hydrogens (tertiary/aromatic N) is 2. The van der Waals surface area contributed by atoms with Gasteiger partial charge in [-0.1, -0.05) is 24.9 Å². The first-order valence-electron chi connectivity index (χ1n) is 9.65. The molecular formula is C19H29N3O3. The van der Waals surface area contributed by atoms with E-state index in [2.05, 4.69) is 24.3 Å². The van der Waals surface area contributed by atoms with Gasteiger partial charge in [0.25, 0.3) is 5.91 Å². The number of hydrogen-bond donors (Lipinski definition) is 1. The number of piperidine rings is 1. The smallest absolute Gasteiger partial charge is 0.273 e. The van der Waals surface area contributed by atoms with E-state index in [4.69, 9.17) is 4.52 Å². The summed E-state index contributed by atoms with van der Waals surface area (Å²) in [5, 5.41) is 6.95. The molecule has 1 aliphatic carbocycles. The van der Waals surface area contributed by atoms with Crippen molar-refractivity contribution in [2.24, 2.45) is 0 Å². The van der Waals surface area contributed by atoms with Crippen molar-refractivity contribution >= 4 is 11.8 Å². The van der Waals surface area contributed by atoms with Gasteiger partial charge in [-0.15, -0.1) is 0 Å². The van der Waals surface area contributed by atoms with Gasteiger partial charge < -0.3 is 14.7 Å². The SMILES string of the molecule is CCCCCC(=O)N1CC[C@H](NC(=O)c2cc(C3CC3)on2)C[C@H]1C. The minimum absolute atomic E-state index is 0.0864. The Kier molecular flexibility index (Phi) is 5.76. The Morgan fingerprint density at radius 3 is 2.80 bits per heavy atom. The molecule has 0 bridgehead atoms. The van der Waals surface area contributed by atoms with E-state index in [1.807, 2.05) is 4.90 Å². The van der Waals surface area contributed by atoms with Crippen LogP contribution in [0.25, 0.3) is 0 Å². The van der Waals surface area contributed by atoms with E-state index in [1.165, 1.54) is 0 Å². The monoisotopic (exact) mass is 347 g/mol. The zero-order chi connectivity index (χ0) is 17.8. The molecule has 0 radical (unpaired) electrons. The highest BCUT2D eigenvalue weighted by Crippen LogP contribution is 2.40. The third kappa shape index (κ3) is 4.61. The van der Waals surface area contributed by atoms with Gasteiger partial charge in [-0.25, -0.2) is 0 Å². The van der Waals surface area contributed by atoms with Crippen molar-refractivity contribution in [3.8, 4) is 0 Å². The van der Waals surface area contributed by atoms with E-state index in [0.717, 1.165) is 50.7 Å². The Labute approximate surface area is 149 Å². The predicted molar refractivity (Wildman–Crippen MR) is 94.3 cm³/mol. The van der Waals surface area contributed by atoms with Crippen molar-refractivity contribution in [1.82, 2.24) is 15.4 Å². The lowest BCUT2D eigenvalue weighted by Crippen LogP contribution is -2.50. The number of aromatic nitrogens is 1. The van der Waals surface area contributed by atoms with Crippen molar-refractivity contribution in [2.45, 2.75) is 83.2 Å². The lowest BCUT2D eigenvalue weighted by Gasteiger charge is -2.38. The Hall–Kier alpha value is -1.85. The van der Waals surface area contributed by atoms with Crippen molar-refractivity contribution in [3.05, 3.63) is 17.5 Å². The number of carbonyl (C=O) groups is 2. The number of amides is 2. The molecule has 2 amide bonds. The van der Waals surface area contributed by atoms with E-state index in [-0.39, 0.29) is 23.9 Å². The van der Waals surface area contributed by atoms with Crippen LogP contribution >= 0.6 is 0 Å². The molecule has 6 nitrogen and oxygen atoms in total. The van der Waals surface area contributed by atoms with Gasteiger partial charge in [0.05, 0.1) is 0 Å². The molecule has 0 aromatic carbocycles. The molecule has 3 rings (SSSR count). The molecule has 2 fully saturated rings. The Balaban J connectivity index is 1.47. The number of unbranched alkanes of at least 4 members (excludes halogenated alkanes) is 2. The highest BCUT2D eigenvalue weighted by Gasteiger charge is 2.31. The van der Waals surface area contributed by atoms with Crippen LogP contribution in [-0.4, -0.2) is 40.5 Å². The van der Waals surface area contributed by atoms with Crippen LogP contribution in [0.4, 0.5) is 0 Å². The van der Waals surface area contributed by atoms with E-state index in [9.17, 15) is 9.59 Å². The molecule has 138 valence electrons. The second kappa shape index (κ2) is 8.02. The summed E-state index contributed by atoms with van der Waals surface area (Å²) in [6, 6.07) is 2.01. The molecule has 2 atom stereocenters. The molecule has 1 saturated carbocycles. The molecule has 25 heavy (non-hydrogen) atoms. The van der Waals surface area contributed by atoms with Gasteiger partial charge in [-0.3, -0.25) is 9.59 Å². The Morgan fingerprint density at radius 2 is 2.12 bits per heavy atom. The van der Waals surface area contributed by atoms with Crippen molar-refractivity contribution in [1.29, 1.82) is 0 Å². The summed E-state index contributed by atoms with van der Waals surface area (Å²) < 4.78 is 5.25. The van der Waals surface area contributed by atoms with Gasteiger partial charge in [0, 0.05) is 37.0 Å². The summed E-state index contributed by atoms with van der Waals surface area (Å²) in [7, 11) is 0. The fourth-order valence-electron chi connectivity index (χ4n) is 3.56. The second-order valence-corrected chi connectivity index (χ2v) is 7.48. The number of hydrogen-bond acceptors (Lipinski definition) is 4. The molecule has 2 heterocycles. The third-order valence-electron chi connectivity index (χ3n) is 5.27. The van der Waals surface area contributed by atoms with E-state index in [0.29, 0.717) is 24.6 Å². The molecule has 1 N–H and O–H groups in total. The zero-order valence-electron chi connectivity index (χ0n) is 15.3. The first-order chi connectivity index (χ1) is 12.1. The van der Waals surface area contributed by atoms with Crippen molar-refractivity contribution in [2.75, 3.05) is 6.54 Å². The summed E-state index contributed by atoms with van der Waals surface area (Å²) in [6.07, 6.45) is 7.67. The van der Waals surface area contributed by atoms with Crippen LogP contribution in [0.5, 0.6) is 0 Å². The number of likely N-dealkylation sites (tertiary alicyclic amines) is 1. The fourth-order valence-corrected chi connectivity index (χ4v) is 3.56. The highest BCUT2D eigenvalue weighted by atomic mass is 16.5. The van der Waals surface area contributed by atoms with Crippen LogP contribution in [0.3, 0.4) is 0 Å². The summed E-state index contributed by atoms with van der Waals surface area (Å²) in [5.74, 6) is 1.36. The maximum Gasteiger partial charge on any atom is 0.273 e. The molecule has 0 spiro atoms. The lowest BCUT2D eigenvalue weighted by atomic mass is 9.97. The minimum Gasteiger partial charge on any atom is -0.360 e. The molecule has 1 saturated heterocycles. The zero-order valence-corrected chi connectivity index (χ0v) is 15.3. The lowest BCUT2D eigenvalue weighted by molar-refractivity contribution is -0.134. The topological polar surface area (TPSA) is 75.4 Å². The average molecular weight is 347 g/mol. The molecular weight excluding hydrogens is 318 g/mol. The fraction of sp³-hybridized carbons (Fsp3) is 0.737. The first-order valence-corrected chi connectivity index (χ1v) is 9.65. The van der Waals surface area contributed by atoms with E-state index in [1.54, 1.807) is 6.07 Å². The molecule has 6 heteroatoms. The summed E-state index contributed by atoms with van der Waals surface area (Å²) >= 11 is 0. The van der Waals surface area contributed by atoms with E-state index >= 15 is 0 Å². The molecule has 2 aliphatic rings. The molecule has 1 aromatic rings. The number of carbonyl (C=O) groups excluding carboxylic acids is 2. The Morgan fingerprint density at radius 1 is 1.32 bits per heavy atom. The number of nitrogens with one attached hydrogen (secondary N) is 1. The second-order valence-electron chi connectivity index (χ2n) is 7.48. The molecule has 1 aromatic heterocycles. The van der Waals surface area contributed by atoms with Crippen LogP contribution in [0.1, 0.15) is 87.4 Å². The average Bonchev–Trinajstić information content (AvgIpc) is 3.32. The van der Waals surface area contributed by atoms with Crippen LogP contribution in [0.15, 0.2) is 10.6 Å². The van der Waals surface area contributed by atoms with E-state index < -0.39 is 0 Å². The predicted octanol–water partition coefficient (Wildman–Crippen LogP) is 3.24. The normalized spacial score (nSPS) is 23.5. The minimum atomic E-state index is -0.171. The van der Waals surface area contributed by atoms with Crippen LogP contribution in [-0.2, 0) is 4.79 Å². The summed E-state index contributed by atoms with van der Waals surface area (Å²) in [4.78, 5) is 26.6. The van der Waals surface area contributed by atoms with Gasteiger partial charge in [-0.2, -0.15) is 0 Å². The van der Waals surface area contributed by atoms with Crippen LogP contribution in [0.2, 0.25) is 0 Å². The standard InChI is InChI=1S/C19H29N3O3/c1-3-4-5-6-18(23)22-10-9-15(11-13(22)2)20-19(24)16-12-17(25-21-16)14-7-8-14/h12-15H,3-11H2,1-2H3,(H,20,24)/t13-,15+/m1/s1. The summed E-state index contributed by atoms with van der Waals surface area (Å²) in [6.45, 7) is 4.92. The quantitative estimate of drug-likeness (QED) is 0.768.